The van der Waals surface area contributed by atoms with Crippen LogP contribution in [0.25, 0.3) is 0 Å². The molecule has 0 aliphatic heterocycles. The lowest BCUT2D eigenvalue weighted by Gasteiger charge is -2.00. The fourth-order valence-electron chi connectivity index (χ4n) is 0.864. The number of nitrogens with one attached hydrogen (secondary N) is 1. The molecule has 3 N–H and O–H groups in total. The highest BCUT2D eigenvalue weighted by molar-refractivity contribution is 5.22. The summed E-state index contributed by atoms with van der Waals surface area (Å²) in [6.45, 7) is 2.23. The average Bonchev–Trinajstić information content (AvgIpc) is 1.98. The summed E-state index contributed by atoms with van der Waals surface area (Å²) in [6, 6.07) is 5.06. The van der Waals surface area contributed by atoms with Gasteiger partial charge in [0, 0.05) is 6.54 Å². The molecule has 11 heavy (non-hydrogen) atoms. The molecule has 0 fully saturated rings. The third kappa shape index (κ3) is 2.00. The Hall–Kier alpha value is -0.930. The Bertz CT molecular complexity index is 248. The number of nitrogens with two attached hydrogens (primary N) is 1. The molecule has 0 saturated carbocycles. The van der Waals surface area contributed by atoms with Crippen LogP contribution in [0.5, 0.6) is 0 Å². The number of hydrogen-bond donors (Lipinski definition) is 2. The summed E-state index contributed by atoms with van der Waals surface area (Å²) >= 11 is 0. The normalized spacial score (nSPS) is 10.1. The average molecular weight is 154 g/mol. The number of aryl methyl sites for hydroxylation is 1. The zero-order valence-electron chi connectivity index (χ0n) is 6.39. The number of rotatable bonds is 2. The Morgan fingerprint density at radius 1 is 1.55 bits per heavy atom. The van der Waals surface area contributed by atoms with E-state index in [4.69, 9.17) is 5.84 Å². The number of halogens is 1. The summed E-state index contributed by atoms with van der Waals surface area (Å²) in [5, 5.41) is 0. The minimum Gasteiger partial charge on any atom is -0.271 e. The molecule has 0 bridgehead atoms. The molecule has 1 rings (SSSR count). The molecule has 1 aromatic rings. The van der Waals surface area contributed by atoms with Gasteiger partial charge in [-0.3, -0.25) is 11.3 Å². The number of hydrogen-bond acceptors (Lipinski definition) is 2. The van der Waals surface area contributed by atoms with Crippen molar-refractivity contribution in [2.45, 2.75) is 13.5 Å². The Labute approximate surface area is 65.2 Å². The van der Waals surface area contributed by atoms with Gasteiger partial charge in [0.1, 0.15) is 5.82 Å². The lowest BCUT2D eigenvalue weighted by molar-refractivity contribution is 0.613. The number of benzene rings is 1. The van der Waals surface area contributed by atoms with E-state index in [-0.39, 0.29) is 5.82 Å². The molecule has 0 saturated heterocycles. The predicted octanol–water partition coefficient (Wildman–Crippen LogP) is 1.10. The van der Waals surface area contributed by atoms with Crippen molar-refractivity contribution in [2.24, 2.45) is 5.84 Å². The van der Waals surface area contributed by atoms with Crippen molar-refractivity contribution >= 4 is 0 Å². The highest BCUT2D eigenvalue weighted by atomic mass is 19.1. The standard InChI is InChI=1S/C8H11FN2/c1-6-2-3-7(5-11-10)4-8(6)9/h2-4,11H,5,10H2,1H3. The Morgan fingerprint density at radius 3 is 2.82 bits per heavy atom. The maximum absolute atomic E-state index is 12.8. The van der Waals surface area contributed by atoms with E-state index in [9.17, 15) is 4.39 Å². The summed E-state index contributed by atoms with van der Waals surface area (Å²) in [6.07, 6.45) is 0. The SMILES string of the molecule is Cc1ccc(CNN)cc1F. The van der Waals surface area contributed by atoms with E-state index < -0.39 is 0 Å². The first-order valence-electron chi connectivity index (χ1n) is 3.42. The van der Waals surface area contributed by atoms with E-state index in [0.29, 0.717) is 12.1 Å². The van der Waals surface area contributed by atoms with E-state index in [0.717, 1.165) is 5.56 Å². The van der Waals surface area contributed by atoms with Gasteiger partial charge >= 0.3 is 0 Å². The van der Waals surface area contributed by atoms with E-state index >= 15 is 0 Å². The maximum Gasteiger partial charge on any atom is 0.126 e. The topological polar surface area (TPSA) is 38.0 Å². The van der Waals surface area contributed by atoms with Gasteiger partial charge < -0.3 is 0 Å². The van der Waals surface area contributed by atoms with Crippen molar-refractivity contribution in [1.29, 1.82) is 0 Å². The monoisotopic (exact) mass is 154 g/mol. The van der Waals surface area contributed by atoms with Crippen molar-refractivity contribution in [3.05, 3.63) is 35.1 Å². The summed E-state index contributed by atoms with van der Waals surface area (Å²) in [4.78, 5) is 0. The fraction of sp³-hybridized carbons (Fsp3) is 0.250. The van der Waals surface area contributed by atoms with Crippen LogP contribution in [0, 0.1) is 12.7 Å². The van der Waals surface area contributed by atoms with Crippen molar-refractivity contribution in [3.8, 4) is 0 Å². The lowest BCUT2D eigenvalue weighted by Crippen LogP contribution is -2.20. The minimum absolute atomic E-state index is 0.183. The van der Waals surface area contributed by atoms with Crippen LogP contribution in [-0.4, -0.2) is 0 Å². The molecule has 0 radical (unpaired) electrons. The van der Waals surface area contributed by atoms with E-state index in [1.165, 1.54) is 6.07 Å². The number of hydrazine groups is 1. The van der Waals surface area contributed by atoms with Crippen molar-refractivity contribution in [2.75, 3.05) is 0 Å². The van der Waals surface area contributed by atoms with Crippen molar-refractivity contribution in [3.63, 3.8) is 0 Å². The van der Waals surface area contributed by atoms with E-state index in [1.807, 2.05) is 6.07 Å². The Kier molecular flexibility index (Phi) is 2.57. The van der Waals surface area contributed by atoms with Gasteiger partial charge in [-0.15, -0.1) is 0 Å². The summed E-state index contributed by atoms with van der Waals surface area (Å²) in [5.41, 5.74) is 3.98. The zero-order valence-corrected chi connectivity index (χ0v) is 6.39. The second-order valence-electron chi connectivity index (χ2n) is 2.46. The van der Waals surface area contributed by atoms with Crippen molar-refractivity contribution < 1.29 is 4.39 Å². The molecule has 60 valence electrons. The van der Waals surface area contributed by atoms with Crippen LogP contribution < -0.4 is 11.3 Å². The van der Waals surface area contributed by atoms with Crippen LogP contribution in [0.2, 0.25) is 0 Å². The molecule has 0 spiro atoms. The van der Waals surface area contributed by atoms with Crippen LogP contribution in [0.15, 0.2) is 18.2 Å². The predicted molar refractivity (Wildman–Crippen MR) is 42.2 cm³/mol. The van der Waals surface area contributed by atoms with Gasteiger partial charge in [-0.05, 0) is 24.1 Å². The van der Waals surface area contributed by atoms with Gasteiger partial charge in [-0.25, -0.2) is 4.39 Å². The quantitative estimate of drug-likeness (QED) is 0.494. The van der Waals surface area contributed by atoms with Crippen LogP contribution >= 0.6 is 0 Å². The second-order valence-corrected chi connectivity index (χ2v) is 2.46. The molecule has 0 aliphatic carbocycles. The third-order valence-electron chi connectivity index (χ3n) is 1.54. The van der Waals surface area contributed by atoms with Gasteiger partial charge in [0.15, 0.2) is 0 Å². The van der Waals surface area contributed by atoms with E-state index in [1.54, 1.807) is 13.0 Å². The molecular formula is C8H11FN2. The summed E-state index contributed by atoms with van der Waals surface area (Å²) < 4.78 is 12.8. The Morgan fingerprint density at radius 2 is 2.27 bits per heavy atom. The van der Waals surface area contributed by atoms with Crippen LogP contribution in [0.4, 0.5) is 4.39 Å². The fourth-order valence-corrected chi connectivity index (χ4v) is 0.864. The van der Waals surface area contributed by atoms with Gasteiger partial charge in [0.25, 0.3) is 0 Å². The molecule has 1 aromatic carbocycles. The first-order valence-corrected chi connectivity index (χ1v) is 3.42. The summed E-state index contributed by atoms with van der Waals surface area (Å²) in [7, 11) is 0. The largest absolute Gasteiger partial charge is 0.271 e. The maximum atomic E-state index is 12.8. The van der Waals surface area contributed by atoms with Gasteiger partial charge in [0.2, 0.25) is 0 Å². The smallest absolute Gasteiger partial charge is 0.126 e. The first kappa shape index (κ1) is 8.17. The lowest BCUT2D eigenvalue weighted by atomic mass is 10.1. The summed E-state index contributed by atoms with van der Waals surface area (Å²) in [5.74, 6) is 4.89. The molecule has 0 unspecified atom stereocenters. The zero-order chi connectivity index (χ0) is 8.27. The highest BCUT2D eigenvalue weighted by Crippen LogP contribution is 2.08. The van der Waals surface area contributed by atoms with Gasteiger partial charge in [0.05, 0.1) is 0 Å². The second kappa shape index (κ2) is 3.46. The molecule has 0 heterocycles. The third-order valence-corrected chi connectivity index (χ3v) is 1.54. The van der Waals surface area contributed by atoms with Crippen LogP contribution in [-0.2, 0) is 6.54 Å². The molecule has 0 atom stereocenters. The van der Waals surface area contributed by atoms with Crippen LogP contribution in [0.1, 0.15) is 11.1 Å². The molecule has 3 heteroatoms. The molecule has 2 nitrogen and oxygen atoms in total. The molecule has 0 aromatic heterocycles. The molecule has 0 amide bonds. The minimum atomic E-state index is -0.183. The highest BCUT2D eigenvalue weighted by Gasteiger charge is 1.97. The van der Waals surface area contributed by atoms with Crippen molar-refractivity contribution in [1.82, 2.24) is 5.43 Å². The van der Waals surface area contributed by atoms with Crippen LogP contribution in [0.3, 0.4) is 0 Å². The molecular weight excluding hydrogens is 143 g/mol. The Balaban J connectivity index is 2.86. The molecule has 0 aliphatic rings. The van der Waals surface area contributed by atoms with E-state index in [2.05, 4.69) is 5.43 Å². The van der Waals surface area contributed by atoms with Gasteiger partial charge in [-0.1, -0.05) is 12.1 Å². The van der Waals surface area contributed by atoms with Gasteiger partial charge in [-0.2, -0.15) is 0 Å². The first-order chi connectivity index (χ1) is 5.24.